The zero-order chi connectivity index (χ0) is 15.6. The van der Waals surface area contributed by atoms with E-state index in [4.69, 9.17) is 5.11 Å². The van der Waals surface area contributed by atoms with Crippen LogP contribution in [-0.2, 0) is 10.0 Å². The third-order valence-corrected chi connectivity index (χ3v) is 3.99. The van der Waals surface area contributed by atoms with Crippen LogP contribution in [0.2, 0.25) is 0 Å². The van der Waals surface area contributed by atoms with E-state index in [1.165, 1.54) is 12.1 Å². The van der Waals surface area contributed by atoms with Crippen molar-refractivity contribution in [2.75, 3.05) is 4.72 Å². The molecule has 0 heterocycles. The molecule has 2 N–H and O–H groups in total. The highest BCUT2D eigenvalue weighted by Crippen LogP contribution is 2.20. The van der Waals surface area contributed by atoms with Crippen molar-refractivity contribution < 1.29 is 27.1 Å². The molecular formula is C13H9F2NO4S. The van der Waals surface area contributed by atoms with Crippen LogP contribution in [0.15, 0.2) is 47.4 Å². The quantitative estimate of drug-likeness (QED) is 0.908. The molecule has 0 saturated carbocycles. The van der Waals surface area contributed by atoms with E-state index in [-0.39, 0.29) is 5.69 Å². The number of sulfonamides is 1. The molecule has 5 nitrogen and oxygen atoms in total. The van der Waals surface area contributed by atoms with Gasteiger partial charge in [-0.1, -0.05) is 12.1 Å². The minimum Gasteiger partial charge on any atom is -0.478 e. The van der Waals surface area contributed by atoms with Gasteiger partial charge in [-0.25, -0.2) is 22.0 Å². The number of hydrogen-bond donors (Lipinski definition) is 2. The van der Waals surface area contributed by atoms with Crippen molar-refractivity contribution in [1.29, 1.82) is 0 Å². The van der Waals surface area contributed by atoms with Gasteiger partial charge in [0, 0.05) is 0 Å². The molecular weight excluding hydrogens is 304 g/mol. The van der Waals surface area contributed by atoms with Gasteiger partial charge >= 0.3 is 5.97 Å². The second-order valence-corrected chi connectivity index (χ2v) is 5.69. The van der Waals surface area contributed by atoms with E-state index in [1.54, 1.807) is 0 Å². The number of rotatable bonds is 4. The molecule has 0 aliphatic heterocycles. The zero-order valence-corrected chi connectivity index (χ0v) is 11.2. The molecule has 21 heavy (non-hydrogen) atoms. The smallest absolute Gasteiger partial charge is 0.338 e. The Morgan fingerprint density at radius 3 is 2.29 bits per heavy atom. The van der Waals surface area contributed by atoms with Gasteiger partial charge in [-0.3, -0.25) is 4.72 Å². The molecule has 110 valence electrons. The maximum atomic E-state index is 13.5. The molecule has 0 aliphatic rings. The van der Waals surface area contributed by atoms with E-state index < -0.39 is 38.1 Å². The van der Waals surface area contributed by atoms with E-state index in [0.717, 1.165) is 24.3 Å². The van der Waals surface area contributed by atoms with Crippen molar-refractivity contribution in [3.63, 3.8) is 0 Å². The van der Waals surface area contributed by atoms with Crippen molar-refractivity contribution in [2.45, 2.75) is 4.90 Å². The van der Waals surface area contributed by atoms with Gasteiger partial charge in [-0.2, -0.15) is 0 Å². The Bertz CT molecular complexity index is 806. The number of carboxylic acid groups (broad SMARTS) is 1. The van der Waals surface area contributed by atoms with Gasteiger partial charge < -0.3 is 5.11 Å². The van der Waals surface area contributed by atoms with E-state index in [1.807, 2.05) is 4.72 Å². The Kier molecular flexibility index (Phi) is 3.90. The van der Waals surface area contributed by atoms with E-state index in [9.17, 15) is 22.0 Å². The maximum absolute atomic E-state index is 13.5. The van der Waals surface area contributed by atoms with Crippen LogP contribution in [0.1, 0.15) is 10.4 Å². The van der Waals surface area contributed by atoms with E-state index >= 15 is 0 Å². The van der Waals surface area contributed by atoms with Gasteiger partial charge in [0.1, 0.15) is 16.5 Å². The van der Waals surface area contributed by atoms with Crippen molar-refractivity contribution in [3.05, 3.63) is 59.7 Å². The molecule has 0 bridgehead atoms. The topological polar surface area (TPSA) is 83.5 Å². The molecule has 0 saturated heterocycles. The highest BCUT2D eigenvalue weighted by Gasteiger charge is 2.19. The molecule has 0 spiro atoms. The van der Waals surface area contributed by atoms with Crippen molar-refractivity contribution in [2.24, 2.45) is 0 Å². The molecule has 0 aromatic heterocycles. The minimum atomic E-state index is -4.23. The number of aromatic carboxylic acids is 1. The van der Waals surface area contributed by atoms with Gasteiger partial charge in [0.05, 0.1) is 11.3 Å². The van der Waals surface area contributed by atoms with Crippen LogP contribution >= 0.6 is 0 Å². The molecule has 0 amide bonds. The van der Waals surface area contributed by atoms with Crippen LogP contribution in [0.3, 0.4) is 0 Å². The first-order valence-corrected chi connectivity index (χ1v) is 7.10. The summed E-state index contributed by atoms with van der Waals surface area (Å²) in [6.45, 7) is 0. The monoisotopic (exact) mass is 313 g/mol. The van der Waals surface area contributed by atoms with Crippen molar-refractivity contribution >= 4 is 21.7 Å². The molecule has 2 aromatic carbocycles. The predicted octanol–water partition coefficient (Wildman–Crippen LogP) is 2.46. The molecule has 2 aromatic rings. The Balaban J connectivity index is 2.36. The summed E-state index contributed by atoms with van der Waals surface area (Å²) in [5.41, 5.74) is -0.801. The summed E-state index contributed by atoms with van der Waals surface area (Å²) >= 11 is 0. The van der Waals surface area contributed by atoms with Crippen molar-refractivity contribution in [3.8, 4) is 0 Å². The fourth-order valence-corrected chi connectivity index (χ4v) is 2.75. The first-order chi connectivity index (χ1) is 9.81. The van der Waals surface area contributed by atoms with Gasteiger partial charge in [0.25, 0.3) is 10.0 Å². The van der Waals surface area contributed by atoms with Crippen LogP contribution in [-0.4, -0.2) is 19.5 Å². The van der Waals surface area contributed by atoms with Gasteiger partial charge in [0.15, 0.2) is 0 Å². The Morgan fingerprint density at radius 2 is 1.71 bits per heavy atom. The lowest BCUT2D eigenvalue weighted by atomic mass is 10.2. The second-order valence-electron chi connectivity index (χ2n) is 4.04. The molecule has 0 unspecified atom stereocenters. The highest BCUT2D eigenvalue weighted by molar-refractivity contribution is 7.92. The molecule has 0 radical (unpaired) electrons. The number of benzene rings is 2. The number of nitrogens with one attached hydrogen (secondary N) is 1. The first-order valence-electron chi connectivity index (χ1n) is 5.61. The Morgan fingerprint density at radius 1 is 1.05 bits per heavy atom. The summed E-state index contributed by atoms with van der Waals surface area (Å²) in [4.78, 5) is 10.1. The largest absolute Gasteiger partial charge is 0.478 e. The molecule has 2 rings (SSSR count). The Labute approximate surface area is 118 Å². The third kappa shape index (κ3) is 3.16. The van der Waals surface area contributed by atoms with Gasteiger partial charge in [-0.05, 0) is 30.3 Å². The van der Waals surface area contributed by atoms with Gasteiger partial charge in [-0.15, -0.1) is 0 Å². The number of carbonyl (C=O) groups is 1. The molecule has 8 heteroatoms. The molecule has 0 aliphatic carbocycles. The summed E-state index contributed by atoms with van der Waals surface area (Å²) in [5.74, 6) is -3.53. The second kappa shape index (κ2) is 5.49. The van der Waals surface area contributed by atoms with Crippen LogP contribution in [0.25, 0.3) is 0 Å². The lowest BCUT2D eigenvalue weighted by molar-refractivity contribution is 0.0692. The fraction of sp³-hybridized carbons (Fsp3) is 0. The van der Waals surface area contributed by atoms with E-state index in [0.29, 0.717) is 6.07 Å². The van der Waals surface area contributed by atoms with Crippen LogP contribution in [0, 0.1) is 11.6 Å². The third-order valence-electron chi connectivity index (χ3n) is 2.58. The predicted molar refractivity (Wildman–Crippen MR) is 70.6 cm³/mol. The van der Waals surface area contributed by atoms with Crippen molar-refractivity contribution in [1.82, 2.24) is 0 Å². The lowest BCUT2D eigenvalue weighted by Crippen LogP contribution is -2.15. The van der Waals surface area contributed by atoms with Crippen LogP contribution in [0.5, 0.6) is 0 Å². The summed E-state index contributed by atoms with van der Waals surface area (Å²) in [7, 11) is -4.23. The summed E-state index contributed by atoms with van der Waals surface area (Å²) in [6.07, 6.45) is 0. The number of anilines is 1. The number of carboxylic acids is 1. The molecule has 0 atom stereocenters. The maximum Gasteiger partial charge on any atom is 0.338 e. The number of hydrogen-bond acceptors (Lipinski definition) is 3. The first kappa shape index (κ1) is 14.9. The Hall–Kier alpha value is -2.48. The normalized spacial score (nSPS) is 11.1. The minimum absolute atomic E-state index is 0.208. The number of halogens is 2. The highest BCUT2D eigenvalue weighted by atomic mass is 32.2. The standard InChI is InChI=1S/C13H9F2NO4S/c14-10-3-1-2-4-12(10)21(19,20)16-8-5-6-9(13(17)18)11(15)7-8/h1-7,16H,(H,17,18). The lowest BCUT2D eigenvalue weighted by Gasteiger charge is -2.09. The zero-order valence-electron chi connectivity index (χ0n) is 10.4. The molecule has 0 fully saturated rings. The fourth-order valence-electron chi connectivity index (χ4n) is 1.62. The average Bonchev–Trinajstić information content (AvgIpc) is 2.38. The SMILES string of the molecule is O=C(O)c1ccc(NS(=O)(=O)c2ccccc2F)cc1F. The van der Waals surface area contributed by atoms with Crippen LogP contribution < -0.4 is 4.72 Å². The summed E-state index contributed by atoms with van der Waals surface area (Å²) in [6, 6.07) is 7.40. The van der Waals surface area contributed by atoms with Gasteiger partial charge in [0.2, 0.25) is 0 Å². The van der Waals surface area contributed by atoms with E-state index in [2.05, 4.69) is 0 Å². The summed E-state index contributed by atoms with van der Waals surface area (Å²) < 4.78 is 52.8. The summed E-state index contributed by atoms with van der Waals surface area (Å²) in [5, 5.41) is 8.68. The average molecular weight is 313 g/mol. The van der Waals surface area contributed by atoms with Crippen LogP contribution in [0.4, 0.5) is 14.5 Å².